The molecule has 3 heterocycles. The summed E-state index contributed by atoms with van der Waals surface area (Å²) in [6.07, 6.45) is 2.43. The zero-order valence-electron chi connectivity index (χ0n) is 16.5. The lowest BCUT2D eigenvalue weighted by Crippen LogP contribution is -2.31. The largest absolute Gasteiger partial charge is 0.337 e. The molecule has 9 heteroatoms. The number of nitrogens with zero attached hydrogens (tertiary/aromatic N) is 4. The van der Waals surface area contributed by atoms with Gasteiger partial charge in [-0.3, -0.25) is 9.59 Å². The molecule has 8 nitrogen and oxygen atoms in total. The second-order valence-electron chi connectivity index (χ2n) is 7.64. The Morgan fingerprint density at radius 3 is 2.71 bits per heavy atom. The summed E-state index contributed by atoms with van der Waals surface area (Å²) in [5, 5.41) is 8.75. The molecule has 1 fully saturated rings. The average molecular weight is 418 g/mol. The SMILES string of the molecule is N[C@H]1CCN(C(=O)c2ccc(-n3cc(-c4cc5cc(F)ccc5[nH]c4=O)nn3)cc2)C1. The Bertz CT molecular complexity index is 1340. The maximum atomic E-state index is 13.5. The highest BCUT2D eigenvalue weighted by molar-refractivity contribution is 5.94. The Morgan fingerprint density at radius 2 is 1.97 bits per heavy atom. The van der Waals surface area contributed by atoms with Crippen molar-refractivity contribution in [3.8, 4) is 16.9 Å². The van der Waals surface area contributed by atoms with Crippen molar-refractivity contribution in [2.75, 3.05) is 13.1 Å². The van der Waals surface area contributed by atoms with Gasteiger partial charge in [0.2, 0.25) is 0 Å². The molecule has 1 aliphatic heterocycles. The lowest BCUT2D eigenvalue weighted by atomic mass is 10.1. The second-order valence-corrected chi connectivity index (χ2v) is 7.64. The predicted molar refractivity (Wildman–Crippen MR) is 113 cm³/mol. The first kappa shape index (κ1) is 19.1. The molecule has 1 atom stereocenters. The molecule has 1 amide bonds. The number of H-pyrrole nitrogens is 1. The van der Waals surface area contributed by atoms with Gasteiger partial charge in [0.25, 0.3) is 11.5 Å². The van der Waals surface area contributed by atoms with Crippen LogP contribution in [0.3, 0.4) is 0 Å². The molecule has 0 saturated carbocycles. The lowest BCUT2D eigenvalue weighted by molar-refractivity contribution is 0.0791. The number of aromatic amines is 1. The minimum absolute atomic E-state index is 0.0338. The van der Waals surface area contributed by atoms with Crippen LogP contribution in [-0.4, -0.2) is 49.9 Å². The summed E-state index contributed by atoms with van der Waals surface area (Å²) in [5.74, 6) is -0.437. The highest BCUT2D eigenvalue weighted by atomic mass is 19.1. The Balaban J connectivity index is 1.42. The van der Waals surface area contributed by atoms with Crippen molar-refractivity contribution in [2.45, 2.75) is 12.5 Å². The number of halogens is 1. The zero-order valence-corrected chi connectivity index (χ0v) is 16.5. The summed E-state index contributed by atoms with van der Waals surface area (Å²) in [6, 6.07) is 12.8. The van der Waals surface area contributed by atoms with Gasteiger partial charge in [-0.1, -0.05) is 5.21 Å². The molecule has 5 rings (SSSR count). The van der Waals surface area contributed by atoms with Crippen LogP contribution in [0.5, 0.6) is 0 Å². The van der Waals surface area contributed by atoms with Crippen molar-refractivity contribution >= 4 is 16.8 Å². The van der Waals surface area contributed by atoms with E-state index in [1.807, 2.05) is 0 Å². The fourth-order valence-electron chi connectivity index (χ4n) is 3.79. The number of aromatic nitrogens is 4. The van der Waals surface area contributed by atoms with E-state index in [1.165, 1.54) is 22.9 Å². The van der Waals surface area contributed by atoms with Crippen molar-refractivity contribution in [1.29, 1.82) is 0 Å². The molecule has 0 spiro atoms. The number of nitrogens with one attached hydrogen (secondary N) is 1. The van der Waals surface area contributed by atoms with Gasteiger partial charge >= 0.3 is 0 Å². The number of pyridine rings is 1. The fourth-order valence-corrected chi connectivity index (χ4v) is 3.79. The van der Waals surface area contributed by atoms with E-state index in [1.54, 1.807) is 41.4 Å². The van der Waals surface area contributed by atoms with Gasteiger partial charge in [0.1, 0.15) is 11.5 Å². The van der Waals surface area contributed by atoms with Gasteiger partial charge in [-0.2, -0.15) is 0 Å². The van der Waals surface area contributed by atoms with Crippen LogP contribution in [0.25, 0.3) is 27.8 Å². The molecule has 0 radical (unpaired) electrons. The van der Waals surface area contributed by atoms with Gasteiger partial charge in [0.05, 0.1) is 17.4 Å². The number of rotatable bonds is 3. The number of hydrogen-bond acceptors (Lipinski definition) is 5. The molecular formula is C22H19FN6O2. The Morgan fingerprint density at radius 1 is 1.16 bits per heavy atom. The number of benzene rings is 2. The van der Waals surface area contributed by atoms with Gasteiger partial charge in [-0.25, -0.2) is 9.07 Å². The van der Waals surface area contributed by atoms with E-state index >= 15 is 0 Å². The first-order valence-corrected chi connectivity index (χ1v) is 9.88. The van der Waals surface area contributed by atoms with Crippen LogP contribution >= 0.6 is 0 Å². The first-order chi connectivity index (χ1) is 15.0. The Labute approximate surface area is 176 Å². The van der Waals surface area contributed by atoms with Crippen molar-refractivity contribution in [3.05, 3.63) is 76.5 Å². The molecule has 0 bridgehead atoms. The van der Waals surface area contributed by atoms with Crippen molar-refractivity contribution in [1.82, 2.24) is 24.9 Å². The van der Waals surface area contributed by atoms with E-state index in [0.717, 1.165) is 6.42 Å². The summed E-state index contributed by atoms with van der Waals surface area (Å²) >= 11 is 0. The number of likely N-dealkylation sites (tertiary alicyclic amines) is 1. The maximum absolute atomic E-state index is 13.5. The second kappa shape index (κ2) is 7.44. The molecule has 2 aromatic heterocycles. The number of fused-ring (bicyclic) bond motifs is 1. The van der Waals surface area contributed by atoms with Gasteiger partial charge in [-0.15, -0.1) is 5.10 Å². The van der Waals surface area contributed by atoms with Gasteiger partial charge < -0.3 is 15.6 Å². The molecule has 3 N–H and O–H groups in total. The summed E-state index contributed by atoms with van der Waals surface area (Å²) in [7, 11) is 0. The van der Waals surface area contributed by atoms with Crippen LogP contribution in [-0.2, 0) is 0 Å². The van der Waals surface area contributed by atoms with Crippen molar-refractivity contribution in [2.24, 2.45) is 5.73 Å². The van der Waals surface area contributed by atoms with Gasteiger partial charge in [0, 0.05) is 35.6 Å². The maximum Gasteiger partial charge on any atom is 0.258 e. The Hall–Kier alpha value is -3.85. The molecule has 156 valence electrons. The topological polar surface area (TPSA) is 110 Å². The van der Waals surface area contributed by atoms with Crippen molar-refractivity contribution < 1.29 is 9.18 Å². The number of carbonyl (C=O) groups excluding carboxylic acids is 1. The monoisotopic (exact) mass is 418 g/mol. The zero-order chi connectivity index (χ0) is 21.5. The van der Waals surface area contributed by atoms with Crippen LogP contribution < -0.4 is 11.3 Å². The minimum Gasteiger partial charge on any atom is -0.337 e. The third-order valence-electron chi connectivity index (χ3n) is 5.47. The normalized spacial score (nSPS) is 16.2. The minimum atomic E-state index is -0.389. The van der Waals surface area contributed by atoms with Gasteiger partial charge in [-0.05, 0) is 55.0 Å². The molecular weight excluding hydrogens is 399 g/mol. The lowest BCUT2D eigenvalue weighted by Gasteiger charge is -2.15. The summed E-state index contributed by atoms with van der Waals surface area (Å²) in [6.45, 7) is 1.23. The molecule has 31 heavy (non-hydrogen) atoms. The quantitative estimate of drug-likeness (QED) is 0.529. The Kier molecular flexibility index (Phi) is 4.59. The van der Waals surface area contributed by atoms with Crippen molar-refractivity contribution in [3.63, 3.8) is 0 Å². The van der Waals surface area contributed by atoms with Crippen LogP contribution in [0.4, 0.5) is 4.39 Å². The molecule has 4 aromatic rings. The summed E-state index contributed by atoms with van der Waals surface area (Å²) < 4.78 is 15.1. The fraction of sp³-hybridized carbons (Fsp3) is 0.182. The molecule has 0 unspecified atom stereocenters. The third kappa shape index (κ3) is 3.59. The van der Waals surface area contributed by atoms with E-state index in [-0.39, 0.29) is 23.3 Å². The van der Waals surface area contributed by atoms with Crippen LogP contribution in [0.2, 0.25) is 0 Å². The number of carbonyl (C=O) groups is 1. The first-order valence-electron chi connectivity index (χ1n) is 9.88. The van der Waals surface area contributed by atoms with E-state index in [9.17, 15) is 14.0 Å². The van der Waals surface area contributed by atoms with E-state index in [4.69, 9.17) is 5.73 Å². The third-order valence-corrected chi connectivity index (χ3v) is 5.47. The molecule has 0 aliphatic carbocycles. The van der Waals surface area contributed by atoms with Crippen LogP contribution in [0, 0.1) is 5.82 Å². The molecule has 2 aromatic carbocycles. The number of hydrogen-bond donors (Lipinski definition) is 2. The summed E-state index contributed by atoms with van der Waals surface area (Å²) in [4.78, 5) is 29.5. The van der Waals surface area contributed by atoms with E-state index in [0.29, 0.717) is 46.5 Å². The summed E-state index contributed by atoms with van der Waals surface area (Å²) in [5.41, 5.74) is 8.01. The number of amides is 1. The van der Waals surface area contributed by atoms with E-state index in [2.05, 4.69) is 15.3 Å². The van der Waals surface area contributed by atoms with Gasteiger partial charge in [0.15, 0.2) is 0 Å². The van der Waals surface area contributed by atoms with E-state index < -0.39 is 0 Å². The highest BCUT2D eigenvalue weighted by Gasteiger charge is 2.24. The standard InChI is InChI=1S/C22H19FN6O2/c23-15-3-6-19-14(9-15)10-18(21(30)25-19)20-12-29(27-26-20)17-4-1-13(2-5-17)22(31)28-8-7-16(24)11-28/h1-6,9-10,12,16H,7-8,11,24H2,(H,25,30)/t16-/m0/s1. The average Bonchev–Trinajstić information content (AvgIpc) is 3.43. The van der Waals surface area contributed by atoms with Crippen LogP contribution in [0.15, 0.2) is 59.5 Å². The van der Waals surface area contributed by atoms with Crippen LogP contribution in [0.1, 0.15) is 16.8 Å². The predicted octanol–water partition coefficient (Wildman–Crippen LogP) is 2.09. The smallest absolute Gasteiger partial charge is 0.258 e. The highest BCUT2D eigenvalue weighted by Crippen LogP contribution is 2.20. The number of nitrogens with two attached hydrogens (primary N) is 1. The molecule has 1 aliphatic rings. The molecule has 1 saturated heterocycles.